The van der Waals surface area contributed by atoms with Crippen LogP contribution in [0.25, 0.3) is 0 Å². The Morgan fingerprint density at radius 1 is 1.53 bits per heavy atom. The number of benzene rings is 1. The van der Waals surface area contributed by atoms with Crippen LogP contribution in [-0.4, -0.2) is 40.9 Å². The third-order valence-electron chi connectivity index (χ3n) is 2.96. The third kappa shape index (κ3) is 3.23. The molecule has 0 bridgehead atoms. The molecule has 17 heavy (non-hydrogen) atoms. The van der Waals surface area contributed by atoms with Gasteiger partial charge in [0.25, 0.3) is 0 Å². The van der Waals surface area contributed by atoms with E-state index < -0.39 is 0 Å². The molecule has 1 aromatic rings. The van der Waals surface area contributed by atoms with Crippen molar-refractivity contribution >= 4 is 17.7 Å². The van der Waals surface area contributed by atoms with Gasteiger partial charge in [-0.3, -0.25) is 4.79 Å². The first kappa shape index (κ1) is 12.5. The molecule has 1 saturated heterocycles. The van der Waals surface area contributed by atoms with Gasteiger partial charge in [-0.1, -0.05) is 18.2 Å². The summed E-state index contributed by atoms with van der Waals surface area (Å²) in [4.78, 5) is 14.8. The van der Waals surface area contributed by atoms with Crippen molar-refractivity contribution in [1.29, 1.82) is 0 Å². The van der Waals surface area contributed by atoms with Gasteiger partial charge in [-0.25, -0.2) is 0 Å². The Morgan fingerprint density at radius 2 is 2.29 bits per heavy atom. The minimum Gasteiger partial charge on any atom is -0.391 e. The van der Waals surface area contributed by atoms with Gasteiger partial charge < -0.3 is 10.0 Å². The topological polar surface area (TPSA) is 40.5 Å². The SMILES string of the molecule is Cc1ccccc1SCC(=O)N1CCC(O)C1. The molecule has 2 rings (SSSR count). The van der Waals surface area contributed by atoms with Gasteiger partial charge in [0, 0.05) is 18.0 Å². The predicted molar refractivity (Wildman–Crippen MR) is 69.1 cm³/mol. The van der Waals surface area contributed by atoms with E-state index in [9.17, 15) is 9.90 Å². The van der Waals surface area contributed by atoms with Crippen molar-refractivity contribution in [3.05, 3.63) is 29.8 Å². The number of amides is 1. The Kier molecular flexibility index (Phi) is 4.07. The molecular weight excluding hydrogens is 234 g/mol. The lowest BCUT2D eigenvalue weighted by Crippen LogP contribution is -2.30. The summed E-state index contributed by atoms with van der Waals surface area (Å²) in [5, 5.41) is 9.38. The Labute approximate surface area is 106 Å². The van der Waals surface area contributed by atoms with Crippen LogP contribution in [0.4, 0.5) is 0 Å². The van der Waals surface area contributed by atoms with E-state index in [4.69, 9.17) is 0 Å². The van der Waals surface area contributed by atoms with Crippen molar-refractivity contribution in [2.24, 2.45) is 0 Å². The standard InChI is InChI=1S/C13H17NO2S/c1-10-4-2-3-5-12(10)17-9-13(16)14-7-6-11(15)8-14/h2-5,11,15H,6-9H2,1H3. The highest BCUT2D eigenvalue weighted by atomic mass is 32.2. The van der Waals surface area contributed by atoms with Crippen molar-refractivity contribution in [3.8, 4) is 0 Å². The Morgan fingerprint density at radius 3 is 2.94 bits per heavy atom. The van der Waals surface area contributed by atoms with Crippen molar-refractivity contribution in [2.75, 3.05) is 18.8 Å². The van der Waals surface area contributed by atoms with Crippen LogP contribution >= 0.6 is 11.8 Å². The van der Waals surface area contributed by atoms with Crippen molar-refractivity contribution in [3.63, 3.8) is 0 Å². The molecule has 92 valence electrons. The molecule has 0 saturated carbocycles. The zero-order chi connectivity index (χ0) is 12.3. The second-order valence-electron chi connectivity index (χ2n) is 4.34. The third-order valence-corrected chi connectivity index (χ3v) is 4.12. The molecule has 1 aromatic carbocycles. The second kappa shape index (κ2) is 5.56. The van der Waals surface area contributed by atoms with E-state index in [1.807, 2.05) is 31.2 Å². The van der Waals surface area contributed by atoms with E-state index >= 15 is 0 Å². The van der Waals surface area contributed by atoms with Crippen LogP contribution in [0.2, 0.25) is 0 Å². The highest BCUT2D eigenvalue weighted by molar-refractivity contribution is 8.00. The molecule has 0 aromatic heterocycles. The molecule has 4 heteroatoms. The normalized spacial score (nSPS) is 19.6. The van der Waals surface area contributed by atoms with E-state index in [2.05, 4.69) is 0 Å². The Balaban J connectivity index is 1.86. The lowest BCUT2D eigenvalue weighted by molar-refractivity contribution is -0.127. The fourth-order valence-corrected chi connectivity index (χ4v) is 2.85. The number of thioether (sulfide) groups is 1. The van der Waals surface area contributed by atoms with E-state index in [1.54, 1.807) is 16.7 Å². The summed E-state index contributed by atoms with van der Waals surface area (Å²) in [6.07, 6.45) is 0.378. The summed E-state index contributed by atoms with van der Waals surface area (Å²) in [5.74, 6) is 0.576. The number of β-amino-alcohol motifs (C(OH)–C–C–N with tert-alkyl or cyclic N) is 1. The molecule has 0 radical (unpaired) electrons. The molecule has 3 nitrogen and oxygen atoms in total. The summed E-state index contributed by atoms with van der Waals surface area (Å²) in [6.45, 7) is 3.23. The van der Waals surface area contributed by atoms with Crippen molar-refractivity contribution < 1.29 is 9.90 Å². The smallest absolute Gasteiger partial charge is 0.233 e. The largest absolute Gasteiger partial charge is 0.391 e. The highest BCUT2D eigenvalue weighted by Gasteiger charge is 2.24. The minimum absolute atomic E-state index is 0.120. The number of hydrogen-bond acceptors (Lipinski definition) is 3. The zero-order valence-electron chi connectivity index (χ0n) is 9.93. The number of hydrogen-bond donors (Lipinski definition) is 1. The molecule has 1 N–H and O–H groups in total. The number of aliphatic hydroxyl groups excluding tert-OH is 1. The summed E-state index contributed by atoms with van der Waals surface area (Å²) in [6, 6.07) is 8.07. The van der Waals surface area contributed by atoms with Crippen LogP contribution < -0.4 is 0 Å². The van der Waals surface area contributed by atoms with Gasteiger partial charge in [0.2, 0.25) is 5.91 Å². The van der Waals surface area contributed by atoms with Crippen LogP contribution in [0, 0.1) is 6.92 Å². The molecule has 0 spiro atoms. The Bertz CT molecular complexity index is 408. The van der Waals surface area contributed by atoms with Gasteiger partial charge in [0.15, 0.2) is 0 Å². The maximum Gasteiger partial charge on any atom is 0.233 e. The predicted octanol–water partition coefficient (Wildman–Crippen LogP) is 1.68. The van der Waals surface area contributed by atoms with Gasteiger partial charge in [0.05, 0.1) is 11.9 Å². The highest BCUT2D eigenvalue weighted by Crippen LogP contribution is 2.22. The number of likely N-dealkylation sites (tertiary alicyclic amines) is 1. The molecular formula is C13H17NO2S. The summed E-state index contributed by atoms with van der Waals surface area (Å²) < 4.78 is 0. The number of rotatable bonds is 3. The van der Waals surface area contributed by atoms with Crippen LogP contribution in [-0.2, 0) is 4.79 Å². The number of carbonyl (C=O) groups is 1. The maximum absolute atomic E-state index is 11.9. The van der Waals surface area contributed by atoms with Crippen molar-refractivity contribution in [2.45, 2.75) is 24.3 Å². The minimum atomic E-state index is -0.331. The van der Waals surface area contributed by atoms with E-state index in [1.165, 1.54) is 5.56 Å². The average molecular weight is 251 g/mol. The first-order valence-corrected chi connectivity index (χ1v) is 6.79. The Hall–Kier alpha value is -1.00. The number of nitrogens with zero attached hydrogens (tertiary/aromatic N) is 1. The van der Waals surface area contributed by atoms with Crippen LogP contribution in [0.1, 0.15) is 12.0 Å². The molecule has 1 unspecified atom stereocenters. The van der Waals surface area contributed by atoms with Gasteiger partial charge >= 0.3 is 0 Å². The monoisotopic (exact) mass is 251 g/mol. The average Bonchev–Trinajstić information content (AvgIpc) is 2.74. The zero-order valence-corrected chi connectivity index (χ0v) is 10.7. The van der Waals surface area contributed by atoms with E-state index in [-0.39, 0.29) is 12.0 Å². The first-order valence-electron chi connectivity index (χ1n) is 5.81. The second-order valence-corrected chi connectivity index (χ2v) is 5.35. The molecule has 0 aliphatic carbocycles. The van der Waals surface area contributed by atoms with Crippen LogP contribution in [0.3, 0.4) is 0 Å². The first-order chi connectivity index (χ1) is 8.16. The van der Waals surface area contributed by atoms with Crippen LogP contribution in [0.5, 0.6) is 0 Å². The van der Waals surface area contributed by atoms with E-state index in [0.29, 0.717) is 25.3 Å². The fraction of sp³-hybridized carbons (Fsp3) is 0.462. The van der Waals surface area contributed by atoms with Crippen molar-refractivity contribution in [1.82, 2.24) is 4.90 Å². The number of aryl methyl sites for hydroxylation is 1. The maximum atomic E-state index is 11.9. The molecule has 1 aliphatic rings. The van der Waals surface area contributed by atoms with Gasteiger partial charge in [-0.15, -0.1) is 11.8 Å². The van der Waals surface area contributed by atoms with Gasteiger partial charge in [-0.2, -0.15) is 0 Å². The molecule has 1 fully saturated rings. The van der Waals surface area contributed by atoms with Gasteiger partial charge in [0.1, 0.15) is 0 Å². The molecule has 1 atom stereocenters. The summed E-state index contributed by atoms with van der Waals surface area (Å²) >= 11 is 1.57. The number of carbonyl (C=O) groups excluding carboxylic acids is 1. The van der Waals surface area contributed by atoms with Gasteiger partial charge in [-0.05, 0) is 25.0 Å². The summed E-state index contributed by atoms with van der Waals surface area (Å²) in [7, 11) is 0. The fourth-order valence-electron chi connectivity index (χ4n) is 1.92. The number of aliphatic hydroxyl groups is 1. The molecule has 1 heterocycles. The van der Waals surface area contributed by atoms with Crippen LogP contribution in [0.15, 0.2) is 29.2 Å². The lowest BCUT2D eigenvalue weighted by atomic mass is 10.2. The van der Waals surface area contributed by atoms with E-state index in [0.717, 1.165) is 4.90 Å². The quantitative estimate of drug-likeness (QED) is 0.831. The summed E-state index contributed by atoms with van der Waals surface area (Å²) in [5.41, 5.74) is 1.20. The lowest BCUT2D eigenvalue weighted by Gasteiger charge is -2.15. The molecule has 1 aliphatic heterocycles. The molecule has 1 amide bonds.